The third-order valence-corrected chi connectivity index (χ3v) is 3.53. The SMILES string of the molecule is Cn1cc(Nc2ncc(Br)c(Nc3cc(N)ccc3F)n2)cn1. The Morgan fingerprint density at radius 1 is 1.26 bits per heavy atom. The van der Waals surface area contributed by atoms with Crippen molar-refractivity contribution in [3.8, 4) is 0 Å². The van der Waals surface area contributed by atoms with Gasteiger partial charge in [-0.1, -0.05) is 0 Å². The lowest BCUT2D eigenvalue weighted by Gasteiger charge is -2.10. The van der Waals surface area contributed by atoms with Crippen molar-refractivity contribution in [2.24, 2.45) is 7.05 Å². The molecule has 2 aromatic heterocycles. The number of aromatic nitrogens is 4. The molecule has 0 unspecified atom stereocenters. The fourth-order valence-corrected chi connectivity index (χ4v) is 2.19. The molecule has 0 atom stereocenters. The molecular formula is C14H13BrFN7. The Hall–Kier alpha value is -2.68. The summed E-state index contributed by atoms with van der Waals surface area (Å²) >= 11 is 3.34. The van der Waals surface area contributed by atoms with E-state index in [4.69, 9.17) is 5.73 Å². The van der Waals surface area contributed by atoms with E-state index in [1.54, 1.807) is 23.3 Å². The predicted molar refractivity (Wildman–Crippen MR) is 90.3 cm³/mol. The van der Waals surface area contributed by atoms with Crippen molar-refractivity contribution >= 4 is 44.8 Å². The molecule has 0 aliphatic rings. The fourth-order valence-electron chi connectivity index (χ4n) is 1.90. The van der Waals surface area contributed by atoms with Gasteiger partial charge in [0.1, 0.15) is 11.6 Å². The maximum absolute atomic E-state index is 13.8. The molecule has 1 aromatic carbocycles. The van der Waals surface area contributed by atoms with Gasteiger partial charge in [0.05, 0.1) is 22.0 Å². The average molecular weight is 378 g/mol. The lowest BCUT2D eigenvalue weighted by Crippen LogP contribution is -2.02. The number of nitrogens with one attached hydrogen (secondary N) is 2. The molecule has 0 spiro atoms. The van der Waals surface area contributed by atoms with Crippen molar-refractivity contribution in [3.63, 3.8) is 0 Å². The Kier molecular flexibility index (Phi) is 4.11. The quantitative estimate of drug-likeness (QED) is 0.604. The van der Waals surface area contributed by atoms with Crippen LogP contribution in [0.4, 0.5) is 33.2 Å². The van der Waals surface area contributed by atoms with Gasteiger partial charge in [-0.3, -0.25) is 4.68 Å². The molecule has 0 fully saturated rings. The van der Waals surface area contributed by atoms with E-state index < -0.39 is 5.82 Å². The number of aryl methyl sites for hydroxylation is 1. The minimum Gasteiger partial charge on any atom is -0.399 e. The molecule has 0 aliphatic carbocycles. The molecule has 0 saturated heterocycles. The van der Waals surface area contributed by atoms with Gasteiger partial charge in [-0.2, -0.15) is 10.1 Å². The molecule has 7 nitrogen and oxygen atoms in total. The molecule has 4 N–H and O–H groups in total. The van der Waals surface area contributed by atoms with Crippen molar-refractivity contribution < 1.29 is 4.39 Å². The number of hydrogen-bond acceptors (Lipinski definition) is 6. The van der Waals surface area contributed by atoms with Crippen molar-refractivity contribution in [1.82, 2.24) is 19.7 Å². The minimum atomic E-state index is -0.425. The van der Waals surface area contributed by atoms with Gasteiger partial charge in [0.15, 0.2) is 0 Å². The van der Waals surface area contributed by atoms with Crippen LogP contribution in [-0.2, 0) is 7.05 Å². The second-order valence-corrected chi connectivity index (χ2v) is 5.64. The number of halogens is 2. The van der Waals surface area contributed by atoms with Gasteiger partial charge in [-0.05, 0) is 34.1 Å². The molecule has 3 aromatic rings. The zero-order valence-electron chi connectivity index (χ0n) is 12.1. The summed E-state index contributed by atoms with van der Waals surface area (Å²) in [6.45, 7) is 0. The lowest BCUT2D eigenvalue weighted by atomic mass is 10.2. The average Bonchev–Trinajstić information content (AvgIpc) is 2.91. The van der Waals surface area contributed by atoms with E-state index in [0.717, 1.165) is 5.69 Å². The summed E-state index contributed by atoms with van der Waals surface area (Å²) in [6, 6.07) is 4.28. The van der Waals surface area contributed by atoms with E-state index in [1.165, 1.54) is 18.2 Å². The largest absolute Gasteiger partial charge is 0.399 e. The maximum atomic E-state index is 13.8. The highest BCUT2D eigenvalue weighted by molar-refractivity contribution is 9.10. The fraction of sp³-hybridized carbons (Fsp3) is 0.0714. The molecular weight excluding hydrogens is 365 g/mol. The molecule has 0 aliphatic heterocycles. The monoisotopic (exact) mass is 377 g/mol. The van der Waals surface area contributed by atoms with Gasteiger partial charge >= 0.3 is 0 Å². The smallest absolute Gasteiger partial charge is 0.229 e. The van der Waals surface area contributed by atoms with Gasteiger partial charge in [-0.25, -0.2) is 9.37 Å². The molecule has 0 amide bonds. The zero-order chi connectivity index (χ0) is 16.4. The van der Waals surface area contributed by atoms with Crippen LogP contribution in [0.3, 0.4) is 0 Å². The molecule has 0 saturated carbocycles. The first-order valence-electron chi connectivity index (χ1n) is 6.61. The van der Waals surface area contributed by atoms with E-state index in [1.807, 2.05) is 7.05 Å². The normalized spacial score (nSPS) is 10.6. The van der Waals surface area contributed by atoms with Crippen LogP contribution in [0.15, 0.2) is 41.3 Å². The highest BCUT2D eigenvalue weighted by atomic mass is 79.9. The number of nitrogens with zero attached hydrogens (tertiary/aromatic N) is 4. The Balaban J connectivity index is 1.87. The van der Waals surface area contributed by atoms with Gasteiger partial charge in [0, 0.05) is 25.1 Å². The Labute approximate surface area is 139 Å². The third kappa shape index (κ3) is 3.57. The highest BCUT2D eigenvalue weighted by Gasteiger charge is 2.09. The van der Waals surface area contributed by atoms with Crippen molar-refractivity contribution in [2.45, 2.75) is 0 Å². The third-order valence-electron chi connectivity index (χ3n) is 2.95. The van der Waals surface area contributed by atoms with E-state index in [0.29, 0.717) is 21.9 Å². The van der Waals surface area contributed by atoms with Gasteiger partial charge in [0.2, 0.25) is 5.95 Å². The topological polar surface area (TPSA) is 93.7 Å². The predicted octanol–water partition coefficient (Wildman–Crippen LogP) is 3.18. The summed E-state index contributed by atoms with van der Waals surface area (Å²) in [6.07, 6.45) is 5.00. The number of rotatable bonds is 4. The zero-order valence-corrected chi connectivity index (χ0v) is 13.7. The van der Waals surface area contributed by atoms with E-state index >= 15 is 0 Å². The Morgan fingerprint density at radius 2 is 2.09 bits per heavy atom. The van der Waals surface area contributed by atoms with E-state index in [2.05, 4.69) is 41.6 Å². The molecule has 0 bridgehead atoms. The summed E-state index contributed by atoms with van der Waals surface area (Å²) in [4.78, 5) is 8.48. The number of hydrogen-bond donors (Lipinski definition) is 3. The van der Waals surface area contributed by atoms with E-state index in [-0.39, 0.29) is 5.69 Å². The van der Waals surface area contributed by atoms with E-state index in [9.17, 15) is 4.39 Å². The standard InChI is InChI=1S/C14H13BrFN7/c1-23-7-9(5-19-23)20-14-18-6-10(15)13(22-14)21-12-4-8(17)2-3-11(12)16/h2-7H,17H2,1H3,(H2,18,20,21,22). The summed E-state index contributed by atoms with van der Waals surface area (Å²) in [5.74, 6) is 0.343. The van der Waals surface area contributed by atoms with Crippen LogP contribution in [0, 0.1) is 5.82 Å². The first-order chi connectivity index (χ1) is 11.0. The molecule has 0 radical (unpaired) electrons. The second kappa shape index (κ2) is 6.21. The number of nitrogen functional groups attached to an aromatic ring is 1. The summed E-state index contributed by atoms with van der Waals surface area (Å²) in [5.41, 5.74) is 7.11. The van der Waals surface area contributed by atoms with Crippen molar-refractivity contribution in [1.29, 1.82) is 0 Å². The number of nitrogens with two attached hydrogens (primary N) is 1. The highest BCUT2D eigenvalue weighted by Crippen LogP contribution is 2.27. The van der Waals surface area contributed by atoms with Crippen LogP contribution in [0.25, 0.3) is 0 Å². The van der Waals surface area contributed by atoms with Gasteiger partial charge in [-0.15, -0.1) is 0 Å². The summed E-state index contributed by atoms with van der Waals surface area (Å²) in [7, 11) is 1.81. The Bertz CT molecular complexity index is 849. The number of anilines is 5. The van der Waals surface area contributed by atoms with Crippen LogP contribution in [0.1, 0.15) is 0 Å². The molecule has 2 heterocycles. The van der Waals surface area contributed by atoms with Crippen LogP contribution in [0.5, 0.6) is 0 Å². The first-order valence-corrected chi connectivity index (χ1v) is 7.41. The summed E-state index contributed by atoms with van der Waals surface area (Å²) in [5, 5.41) is 9.97. The lowest BCUT2D eigenvalue weighted by molar-refractivity contribution is 0.632. The van der Waals surface area contributed by atoms with Crippen LogP contribution < -0.4 is 16.4 Å². The van der Waals surface area contributed by atoms with Crippen LogP contribution in [0.2, 0.25) is 0 Å². The second-order valence-electron chi connectivity index (χ2n) is 4.78. The molecule has 23 heavy (non-hydrogen) atoms. The molecule has 3 rings (SSSR count). The Morgan fingerprint density at radius 3 is 2.83 bits per heavy atom. The minimum absolute atomic E-state index is 0.233. The first kappa shape index (κ1) is 15.2. The molecule has 118 valence electrons. The van der Waals surface area contributed by atoms with Gasteiger partial charge in [0.25, 0.3) is 0 Å². The summed E-state index contributed by atoms with van der Waals surface area (Å²) < 4.78 is 16.1. The van der Waals surface area contributed by atoms with Crippen LogP contribution >= 0.6 is 15.9 Å². The van der Waals surface area contributed by atoms with Gasteiger partial charge < -0.3 is 16.4 Å². The van der Waals surface area contributed by atoms with Crippen molar-refractivity contribution in [2.75, 3.05) is 16.4 Å². The molecule has 9 heteroatoms. The van der Waals surface area contributed by atoms with Crippen molar-refractivity contribution in [3.05, 3.63) is 47.1 Å². The number of benzene rings is 1. The van der Waals surface area contributed by atoms with Crippen LogP contribution in [-0.4, -0.2) is 19.7 Å². The maximum Gasteiger partial charge on any atom is 0.229 e.